The van der Waals surface area contributed by atoms with Crippen LogP contribution in [0.5, 0.6) is 11.5 Å². The molecule has 0 aliphatic rings. The van der Waals surface area contributed by atoms with E-state index in [-0.39, 0.29) is 13.2 Å². The number of esters is 1. The Morgan fingerprint density at radius 3 is 2.33 bits per heavy atom. The Bertz CT molecular complexity index is 1240. The number of aromatic nitrogens is 1. The molecule has 0 saturated heterocycles. The number of benzene rings is 3. The lowest BCUT2D eigenvalue weighted by molar-refractivity contribution is -0.142. The normalized spacial score (nSPS) is 10.6. The number of hydrogen-bond donors (Lipinski definition) is 0. The van der Waals surface area contributed by atoms with Gasteiger partial charge in [-0.3, -0.25) is 0 Å². The van der Waals surface area contributed by atoms with E-state index in [0.29, 0.717) is 23.1 Å². The van der Waals surface area contributed by atoms with Crippen molar-refractivity contribution in [3.8, 4) is 33.9 Å². The lowest BCUT2D eigenvalue weighted by atomic mass is 10.0. The van der Waals surface area contributed by atoms with Crippen LogP contribution in [0.3, 0.4) is 0 Å². The Kier molecular flexibility index (Phi) is 7.14. The largest absolute Gasteiger partial charge is 0.484 e. The average Bonchev–Trinajstić information content (AvgIpc) is 3.23. The van der Waals surface area contributed by atoms with Crippen LogP contribution in [0.25, 0.3) is 22.5 Å². The maximum atomic E-state index is 11.2. The molecule has 0 unspecified atom stereocenters. The SMILES string of the molecule is COC(=O)COc1ccc(OCc2n[c]([Al])c(-c3ccc(-c4ccccc4)cc3)o2)cc1C. The smallest absolute Gasteiger partial charge is 0.343 e. The maximum absolute atomic E-state index is 11.2. The number of carbonyl (C=O) groups excluding carboxylic acids is 1. The summed E-state index contributed by atoms with van der Waals surface area (Å²) in [7, 11) is 1.32. The fourth-order valence-electron chi connectivity index (χ4n) is 3.31. The van der Waals surface area contributed by atoms with Crippen molar-refractivity contribution in [2.75, 3.05) is 13.7 Å². The number of nitrogens with zero attached hydrogens (tertiary/aromatic N) is 1. The monoisotopic (exact) mass is 455 g/mol. The number of methoxy groups -OCH3 is 1. The zero-order valence-electron chi connectivity index (χ0n) is 18.4. The second-order valence-electron chi connectivity index (χ2n) is 7.35. The third-order valence-corrected chi connectivity index (χ3v) is 5.43. The molecule has 0 aliphatic carbocycles. The van der Waals surface area contributed by atoms with Gasteiger partial charge in [0, 0.05) is 5.56 Å². The molecule has 33 heavy (non-hydrogen) atoms. The van der Waals surface area contributed by atoms with Gasteiger partial charge in [0.1, 0.15) is 17.3 Å². The first-order valence-electron chi connectivity index (χ1n) is 10.4. The summed E-state index contributed by atoms with van der Waals surface area (Å²) in [6.07, 6.45) is 0. The van der Waals surface area contributed by atoms with Crippen LogP contribution in [0.2, 0.25) is 0 Å². The van der Waals surface area contributed by atoms with Crippen LogP contribution in [-0.2, 0) is 16.1 Å². The Morgan fingerprint density at radius 2 is 1.64 bits per heavy atom. The second-order valence-corrected chi connectivity index (χ2v) is 7.89. The molecular weight excluding hydrogens is 433 g/mol. The fraction of sp³-hybridized carbons (Fsp3) is 0.154. The Hall–Kier alpha value is -3.53. The van der Waals surface area contributed by atoms with Crippen LogP contribution in [0.1, 0.15) is 11.5 Å². The third-order valence-electron chi connectivity index (χ3n) is 5.03. The number of ether oxygens (including phenoxy) is 3. The summed E-state index contributed by atoms with van der Waals surface area (Å²) in [5, 5.41) is 0. The van der Waals surface area contributed by atoms with Crippen LogP contribution >= 0.6 is 0 Å². The van der Waals surface area contributed by atoms with E-state index >= 15 is 0 Å². The van der Waals surface area contributed by atoms with E-state index in [2.05, 4.69) is 50.3 Å². The molecule has 0 N–H and O–H groups in total. The summed E-state index contributed by atoms with van der Waals surface area (Å²) in [6.45, 7) is 1.92. The lowest BCUT2D eigenvalue weighted by Gasteiger charge is -2.10. The molecular formula is C26H22AlNO5. The molecule has 1 aromatic heterocycles. The Morgan fingerprint density at radius 1 is 0.939 bits per heavy atom. The van der Waals surface area contributed by atoms with Gasteiger partial charge in [0.05, 0.1) is 7.11 Å². The van der Waals surface area contributed by atoms with E-state index < -0.39 is 5.97 Å². The van der Waals surface area contributed by atoms with Gasteiger partial charge in [-0.1, -0.05) is 54.6 Å². The summed E-state index contributed by atoms with van der Waals surface area (Å²) in [5.41, 5.74) is 4.09. The maximum Gasteiger partial charge on any atom is 0.343 e. The van der Waals surface area contributed by atoms with Crippen LogP contribution in [0.4, 0.5) is 0 Å². The molecule has 0 amide bonds. The van der Waals surface area contributed by atoms with Crippen LogP contribution in [-0.4, -0.2) is 41.0 Å². The molecule has 0 bridgehead atoms. The van der Waals surface area contributed by atoms with Crippen molar-refractivity contribution in [1.29, 1.82) is 0 Å². The number of aryl methyl sites for hydroxylation is 1. The van der Waals surface area contributed by atoms with Crippen LogP contribution in [0.15, 0.2) is 77.2 Å². The fourth-order valence-corrected chi connectivity index (χ4v) is 3.68. The van der Waals surface area contributed by atoms with Gasteiger partial charge in [-0.15, -0.1) is 0 Å². The van der Waals surface area contributed by atoms with Crippen molar-refractivity contribution in [3.05, 3.63) is 84.3 Å². The van der Waals surface area contributed by atoms with Gasteiger partial charge in [0.2, 0.25) is 22.2 Å². The minimum Gasteiger partial charge on any atom is -0.484 e. The summed E-state index contributed by atoms with van der Waals surface area (Å²) in [5.74, 6) is 1.98. The highest BCUT2D eigenvalue weighted by molar-refractivity contribution is 6.33. The zero-order chi connectivity index (χ0) is 23.2. The number of rotatable bonds is 8. The Labute approximate surface area is 200 Å². The molecule has 1 heterocycles. The molecule has 6 nitrogen and oxygen atoms in total. The van der Waals surface area contributed by atoms with E-state index in [1.807, 2.05) is 43.3 Å². The summed E-state index contributed by atoms with van der Waals surface area (Å²) >= 11 is 2.62. The molecule has 0 aliphatic heterocycles. The highest BCUT2D eigenvalue weighted by atomic mass is 27.0. The van der Waals surface area contributed by atoms with Gasteiger partial charge in [0.25, 0.3) is 0 Å². The van der Waals surface area contributed by atoms with Crippen molar-refractivity contribution in [3.63, 3.8) is 0 Å². The molecule has 0 spiro atoms. The first kappa shape index (κ1) is 22.7. The molecule has 164 valence electrons. The molecule has 0 saturated carbocycles. The first-order valence-corrected chi connectivity index (χ1v) is 11.0. The predicted molar refractivity (Wildman–Crippen MR) is 126 cm³/mol. The van der Waals surface area contributed by atoms with E-state index in [1.165, 1.54) is 12.7 Å². The minimum absolute atomic E-state index is 0.139. The summed E-state index contributed by atoms with van der Waals surface area (Å²) in [4.78, 5) is 15.7. The first-order chi connectivity index (χ1) is 16.0. The van der Waals surface area contributed by atoms with Gasteiger partial charge < -0.3 is 18.6 Å². The van der Waals surface area contributed by atoms with Crippen LogP contribution < -0.4 is 14.0 Å². The topological polar surface area (TPSA) is 70.8 Å². The molecule has 3 aromatic carbocycles. The Balaban J connectivity index is 1.41. The van der Waals surface area contributed by atoms with Crippen molar-refractivity contribution < 1.29 is 23.4 Å². The minimum atomic E-state index is -0.433. The quantitative estimate of drug-likeness (QED) is 0.292. The molecule has 4 rings (SSSR count). The molecule has 4 aromatic rings. The highest BCUT2D eigenvalue weighted by Gasteiger charge is 2.12. The number of oxazole rings is 1. The van der Waals surface area contributed by atoms with E-state index in [1.54, 1.807) is 12.1 Å². The number of hydrogen-bond acceptors (Lipinski definition) is 6. The average molecular weight is 455 g/mol. The molecule has 7 heteroatoms. The summed E-state index contributed by atoms with van der Waals surface area (Å²) < 4.78 is 22.6. The second kappa shape index (κ2) is 10.4. The lowest BCUT2D eigenvalue weighted by Crippen LogP contribution is -2.13. The van der Waals surface area contributed by atoms with E-state index in [9.17, 15) is 4.79 Å². The molecule has 0 atom stereocenters. The van der Waals surface area contributed by atoms with Gasteiger partial charge in [-0.05, 0) is 46.4 Å². The predicted octanol–water partition coefficient (Wildman–Crippen LogP) is 4.24. The van der Waals surface area contributed by atoms with Crippen molar-refractivity contribution in [1.82, 2.24) is 4.98 Å². The molecule has 0 fully saturated rings. The zero-order valence-corrected chi connectivity index (χ0v) is 19.6. The van der Waals surface area contributed by atoms with Crippen molar-refractivity contribution in [2.45, 2.75) is 13.5 Å². The molecule has 2 radical (unpaired) electrons. The number of carbonyl (C=O) groups is 1. The van der Waals surface area contributed by atoms with E-state index in [0.717, 1.165) is 21.2 Å². The van der Waals surface area contributed by atoms with Crippen molar-refractivity contribution in [2.24, 2.45) is 0 Å². The van der Waals surface area contributed by atoms with Gasteiger partial charge in [0.15, 0.2) is 13.2 Å². The standard InChI is InChI=1S/C26H22NO5.Al/c1-18-14-22(12-13-23(18)31-17-26(28)29-2)30-16-25-27-15-24(32-25)21-10-8-20(9-11-21)19-6-4-3-5-7-19;/h3-14H,16-17H2,1-2H3;. The van der Waals surface area contributed by atoms with Crippen molar-refractivity contribution >= 4 is 26.8 Å². The third kappa shape index (κ3) is 5.64. The summed E-state index contributed by atoms with van der Waals surface area (Å²) in [6, 6.07) is 23.8. The van der Waals surface area contributed by atoms with Gasteiger partial charge in [-0.25, -0.2) is 9.78 Å². The van der Waals surface area contributed by atoms with E-state index in [4.69, 9.17) is 13.9 Å². The van der Waals surface area contributed by atoms with Gasteiger partial charge in [-0.2, -0.15) is 0 Å². The highest BCUT2D eigenvalue weighted by Crippen LogP contribution is 2.26. The van der Waals surface area contributed by atoms with Gasteiger partial charge >= 0.3 is 5.97 Å². The van der Waals surface area contributed by atoms with Crippen LogP contribution in [0, 0.1) is 6.92 Å².